The lowest BCUT2D eigenvalue weighted by molar-refractivity contribution is -0.114. The third kappa shape index (κ3) is 5.88. The molecule has 2 aliphatic rings. The van der Waals surface area contributed by atoms with Crippen LogP contribution in [-0.2, 0) is 9.59 Å². The molecule has 0 saturated carbocycles. The van der Waals surface area contributed by atoms with Crippen LogP contribution >= 0.6 is 34.0 Å². The Morgan fingerprint density at radius 2 is 1.05 bits per heavy atom. The molecular formula is C37H38O2S3. The molecule has 0 aliphatic heterocycles. The van der Waals surface area contributed by atoms with Gasteiger partial charge in [-0.1, -0.05) is 47.6 Å². The summed E-state index contributed by atoms with van der Waals surface area (Å²) in [5.41, 5.74) is 7.11. The first-order chi connectivity index (χ1) is 19.6. The number of hydrogen-bond acceptors (Lipinski definition) is 5. The van der Waals surface area contributed by atoms with Crippen LogP contribution in [0.4, 0.5) is 0 Å². The normalized spacial score (nSPS) is 16.3. The van der Waals surface area contributed by atoms with E-state index in [4.69, 9.17) is 0 Å². The van der Waals surface area contributed by atoms with Crippen LogP contribution in [0.25, 0.3) is 11.1 Å². The van der Waals surface area contributed by atoms with Crippen LogP contribution in [-0.4, -0.2) is 11.6 Å². The van der Waals surface area contributed by atoms with Crippen LogP contribution in [0.15, 0.2) is 99.5 Å². The van der Waals surface area contributed by atoms with Crippen LogP contribution < -0.4 is 0 Å². The zero-order chi connectivity index (χ0) is 30.6. The Labute approximate surface area is 262 Å². The van der Waals surface area contributed by atoms with E-state index in [0.717, 1.165) is 54.3 Å². The van der Waals surface area contributed by atoms with E-state index in [0.29, 0.717) is 0 Å². The lowest BCUT2D eigenvalue weighted by atomic mass is 9.71. The van der Waals surface area contributed by atoms with Crippen molar-refractivity contribution in [1.82, 2.24) is 0 Å². The Hall–Kier alpha value is -3.12. The second kappa shape index (κ2) is 11.2. The average molecular weight is 611 g/mol. The Kier molecular flexibility index (Phi) is 8.08. The Morgan fingerprint density at radius 1 is 0.571 bits per heavy atom. The summed E-state index contributed by atoms with van der Waals surface area (Å²) >= 11 is 5.27. The van der Waals surface area contributed by atoms with Crippen LogP contribution in [0, 0.1) is 17.8 Å². The standard InChI is InChI=1S/C37H38O2S3/c1-21-17-24(18-22(2)34(21)38)32(28-11-10-16-40-28)30-14-15-31(42-30)33(29-13-12-23(3)41-29)25-19-26(36(4,5)6)35(39)27(20-25)37(7,8)9/h10-20H,1-9H3. The van der Waals surface area contributed by atoms with E-state index in [1.165, 1.54) is 14.6 Å². The number of ketones is 2. The van der Waals surface area contributed by atoms with Gasteiger partial charge in [-0.15, -0.1) is 34.0 Å². The molecule has 2 nitrogen and oxygen atoms in total. The van der Waals surface area contributed by atoms with Gasteiger partial charge in [-0.05, 0) is 114 Å². The summed E-state index contributed by atoms with van der Waals surface area (Å²) in [7, 11) is 0. The van der Waals surface area contributed by atoms with Gasteiger partial charge in [-0.2, -0.15) is 0 Å². The summed E-state index contributed by atoms with van der Waals surface area (Å²) in [6.45, 7) is 18.7. The smallest absolute Gasteiger partial charge is 0.186 e. The molecule has 5 heteroatoms. The lowest BCUT2D eigenvalue weighted by Crippen LogP contribution is -2.28. The van der Waals surface area contributed by atoms with Crippen molar-refractivity contribution in [3.8, 4) is 0 Å². The van der Waals surface area contributed by atoms with Gasteiger partial charge in [0.25, 0.3) is 0 Å². The predicted octanol–water partition coefficient (Wildman–Crippen LogP) is 10.8. The number of thiophene rings is 3. The van der Waals surface area contributed by atoms with E-state index in [9.17, 15) is 9.59 Å². The van der Waals surface area contributed by atoms with Crippen molar-refractivity contribution in [1.29, 1.82) is 0 Å². The van der Waals surface area contributed by atoms with Crippen LogP contribution in [0.1, 0.15) is 79.8 Å². The number of rotatable bonds is 4. The minimum absolute atomic E-state index is 0.103. The van der Waals surface area contributed by atoms with Crippen LogP contribution in [0.3, 0.4) is 0 Å². The third-order valence-electron chi connectivity index (χ3n) is 7.60. The molecule has 42 heavy (non-hydrogen) atoms. The second-order valence-electron chi connectivity index (χ2n) is 13.1. The highest BCUT2D eigenvalue weighted by Crippen LogP contribution is 2.45. The molecule has 0 amide bonds. The maximum atomic E-state index is 13.7. The monoisotopic (exact) mass is 610 g/mol. The van der Waals surface area contributed by atoms with Crippen molar-refractivity contribution >= 4 is 56.7 Å². The van der Waals surface area contributed by atoms with E-state index in [2.05, 4.69) is 102 Å². The highest BCUT2D eigenvalue weighted by molar-refractivity contribution is 7.17. The average Bonchev–Trinajstić information content (AvgIpc) is 3.66. The largest absolute Gasteiger partial charge is 0.289 e. The molecule has 3 aromatic rings. The van der Waals surface area contributed by atoms with Crippen molar-refractivity contribution in [3.63, 3.8) is 0 Å². The summed E-state index contributed by atoms with van der Waals surface area (Å²) in [5.74, 6) is 0.249. The molecule has 0 aromatic carbocycles. The molecule has 0 spiro atoms. The van der Waals surface area contributed by atoms with Crippen molar-refractivity contribution in [2.24, 2.45) is 10.8 Å². The summed E-state index contributed by atoms with van der Waals surface area (Å²) in [5, 5.41) is 2.10. The van der Waals surface area contributed by atoms with Crippen LogP contribution in [0.5, 0.6) is 0 Å². The van der Waals surface area contributed by atoms with Gasteiger partial charge < -0.3 is 0 Å². The SMILES string of the molecule is CC1=CC(=C(c2cccs2)c2ccc(C(=C3C=C(C(C)(C)C)C(=O)C(C(C)(C)C)=C3)c3ccc(C)s3)s2)C=C(C)C1=O. The second-order valence-corrected chi connectivity index (χ2v) is 16.5. The fourth-order valence-corrected chi connectivity index (χ4v) is 8.44. The van der Waals surface area contributed by atoms with Crippen molar-refractivity contribution in [3.05, 3.63) is 124 Å². The number of Topliss-reactive ketones (excluding diaryl/α,β-unsaturated/α-hetero) is 2. The first-order valence-corrected chi connectivity index (χ1v) is 16.8. The number of allylic oxidation sites excluding steroid dienone is 10. The van der Waals surface area contributed by atoms with E-state index < -0.39 is 0 Å². The van der Waals surface area contributed by atoms with Crippen LogP contribution in [0.2, 0.25) is 0 Å². The van der Waals surface area contributed by atoms with Gasteiger partial charge in [0.2, 0.25) is 0 Å². The molecule has 0 bridgehead atoms. The lowest BCUT2D eigenvalue weighted by Gasteiger charge is -2.32. The molecule has 0 unspecified atom stereocenters. The maximum Gasteiger partial charge on any atom is 0.186 e. The molecule has 0 saturated heterocycles. The third-order valence-corrected chi connectivity index (χ3v) is 10.6. The Balaban J connectivity index is 1.79. The zero-order valence-electron chi connectivity index (χ0n) is 25.9. The molecule has 0 N–H and O–H groups in total. The van der Waals surface area contributed by atoms with E-state index in [-0.39, 0.29) is 22.4 Å². The summed E-state index contributed by atoms with van der Waals surface area (Å²) in [6, 6.07) is 13.0. The van der Waals surface area contributed by atoms with Gasteiger partial charge in [-0.25, -0.2) is 0 Å². The fourth-order valence-electron chi connectivity index (χ4n) is 5.39. The van der Waals surface area contributed by atoms with Gasteiger partial charge in [0.05, 0.1) is 0 Å². The molecule has 0 radical (unpaired) electrons. The maximum absolute atomic E-state index is 13.7. The summed E-state index contributed by atoms with van der Waals surface area (Å²) in [4.78, 5) is 32.3. The molecular weight excluding hydrogens is 573 g/mol. The first kappa shape index (κ1) is 30.3. The number of carbonyl (C=O) groups excluding carboxylic acids is 2. The van der Waals surface area contributed by atoms with Crippen molar-refractivity contribution < 1.29 is 9.59 Å². The minimum atomic E-state index is -0.284. The minimum Gasteiger partial charge on any atom is -0.289 e. The van der Waals surface area contributed by atoms with Crippen molar-refractivity contribution in [2.75, 3.05) is 0 Å². The van der Waals surface area contributed by atoms with Gasteiger partial charge in [0.15, 0.2) is 11.6 Å². The topological polar surface area (TPSA) is 34.1 Å². The number of carbonyl (C=O) groups is 2. The highest BCUT2D eigenvalue weighted by Gasteiger charge is 2.35. The molecule has 5 rings (SSSR count). The van der Waals surface area contributed by atoms with Gasteiger partial charge in [0, 0.05) is 46.7 Å². The van der Waals surface area contributed by atoms with Crippen molar-refractivity contribution in [2.45, 2.75) is 62.3 Å². The first-order valence-electron chi connectivity index (χ1n) is 14.3. The predicted molar refractivity (Wildman–Crippen MR) is 182 cm³/mol. The molecule has 0 atom stereocenters. The Bertz CT molecular complexity index is 1710. The summed E-state index contributed by atoms with van der Waals surface area (Å²) < 4.78 is 0. The van der Waals surface area contributed by atoms with Gasteiger partial charge in [-0.3, -0.25) is 9.59 Å². The number of aryl methyl sites for hydroxylation is 1. The number of hydrogen-bond donors (Lipinski definition) is 0. The quantitative estimate of drug-likeness (QED) is 0.294. The molecule has 2 aliphatic carbocycles. The Morgan fingerprint density at radius 3 is 1.50 bits per heavy atom. The zero-order valence-corrected chi connectivity index (χ0v) is 28.3. The fraction of sp³-hybridized carbons (Fsp3) is 0.297. The summed E-state index contributed by atoms with van der Waals surface area (Å²) in [6.07, 6.45) is 8.31. The van der Waals surface area contributed by atoms with E-state index in [1.807, 2.05) is 26.0 Å². The molecule has 3 aromatic heterocycles. The van der Waals surface area contributed by atoms with E-state index >= 15 is 0 Å². The molecule has 3 heterocycles. The molecule has 0 fully saturated rings. The van der Waals surface area contributed by atoms with Gasteiger partial charge in [0.1, 0.15) is 0 Å². The van der Waals surface area contributed by atoms with E-state index in [1.54, 1.807) is 34.0 Å². The highest BCUT2D eigenvalue weighted by atomic mass is 32.1. The molecule has 216 valence electrons. The van der Waals surface area contributed by atoms with Gasteiger partial charge >= 0.3 is 0 Å².